The van der Waals surface area contributed by atoms with Gasteiger partial charge in [-0.15, -0.1) is 0 Å². The summed E-state index contributed by atoms with van der Waals surface area (Å²) in [4.78, 5) is 10.2. The van der Waals surface area contributed by atoms with Crippen molar-refractivity contribution in [2.75, 3.05) is 7.11 Å². The molecule has 0 spiro atoms. The summed E-state index contributed by atoms with van der Waals surface area (Å²) in [6, 6.07) is 10.9. The van der Waals surface area contributed by atoms with Crippen molar-refractivity contribution in [1.29, 1.82) is 0 Å². The Morgan fingerprint density at radius 2 is 1.68 bits per heavy atom. The molecule has 0 radical (unpaired) electrons. The zero-order chi connectivity index (χ0) is 16.3. The molecule has 0 aliphatic rings. The first-order chi connectivity index (χ1) is 10.3. The van der Waals surface area contributed by atoms with Crippen LogP contribution < -0.4 is 9.47 Å². The molecule has 0 aliphatic heterocycles. The molecule has 2 rings (SSSR count). The van der Waals surface area contributed by atoms with Crippen molar-refractivity contribution in [3.63, 3.8) is 0 Å². The molecule has 0 atom stereocenters. The van der Waals surface area contributed by atoms with E-state index in [0.29, 0.717) is 22.8 Å². The molecule has 0 aromatic heterocycles. The van der Waals surface area contributed by atoms with Crippen LogP contribution >= 0.6 is 0 Å². The van der Waals surface area contributed by atoms with Crippen molar-refractivity contribution in [2.24, 2.45) is 0 Å². The summed E-state index contributed by atoms with van der Waals surface area (Å²) in [7, 11) is 1.53. The molecule has 0 fully saturated rings. The van der Waals surface area contributed by atoms with Crippen LogP contribution in [0, 0.1) is 10.1 Å². The Morgan fingerprint density at radius 1 is 1.09 bits per heavy atom. The molecule has 6 nitrogen and oxygen atoms in total. The van der Waals surface area contributed by atoms with Crippen molar-refractivity contribution in [1.82, 2.24) is 0 Å². The highest BCUT2D eigenvalue weighted by Gasteiger charge is 2.21. The minimum absolute atomic E-state index is 0.000684. The first-order valence-electron chi connectivity index (χ1n) is 6.64. The highest BCUT2D eigenvalue weighted by molar-refractivity contribution is 5.45. The van der Waals surface area contributed by atoms with Gasteiger partial charge in [-0.3, -0.25) is 10.1 Å². The molecule has 116 valence electrons. The van der Waals surface area contributed by atoms with Crippen LogP contribution in [-0.2, 0) is 5.60 Å². The van der Waals surface area contributed by atoms with Gasteiger partial charge in [0.2, 0.25) is 0 Å². The molecule has 0 aliphatic carbocycles. The molecule has 0 amide bonds. The quantitative estimate of drug-likeness (QED) is 0.674. The first-order valence-corrected chi connectivity index (χ1v) is 6.64. The maximum atomic E-state index is 10.6. The fourth-order valence-electron chi connectivity index (χ4n) is 2.00. The molecule has 0 bridgehead atoms. The van der Waals surface area contributed by atoms with E-state index in [1.807, 2.05) is 0 Å². The summed E-state index contributed by atoms with van der Waals surface area (Å²) in [5.74, 6) is 1.53. The number of aliphatic hydroxyl groups is 1. The standard InChI is InChI=1S/C16H17NO5/c1-16(2,18)14-10-13(8-9-15(14)21-3)22-12-6-4-11(5-7-12)17(19)20/h4-10,18H,1-3H3. The van der Waals surface area contributed by atoms with Crippen molar-refractivity contribution < 1.29 is 19.5 Å². The van der Waals surface area contributed by atoms with Crippen LogP contribution in [0.25, 0.3) is 0 Å². The average molecular weight is 303 g/mol. The fourth-order valence-corrected chi connectivity index (χ4v) is 2.00. The smallest absolute Gasteiger partial charge is 0.269 e. The van der Waals surface area contributed by atoms with Gasteiger partial charge >= 0.3 is 0 Å². The monoisotopic (exact) mass is 303 g/mol. The summed E-state index contributed by atoms with van der Waals surface area (Å²) in [6.45, 7) is 3.31. The van der Waals surface area contributed by atoms with Gasteiger partial charge in [0.05, 0.1) is 17.6 Å². The van der Waals surface area contributed by atoms with Gasteiger partial charge in [0.15, 0.2) is 0 Å². The van der Waals surface area contributed by atoms with E-state index < -0.39 is 10.5 Å². The Labute approximate surface area is 128 Å². The highest BCUT2D eigenvalue weighted by Crippen LogP contribution is 2.34. The lowest BCUT2D eigenvalue weighted by molar-refractivity contribution is -0.384. The number of ether oxygens (including phenoxy) is 2. The maximum absolute atomic E-state index is 10.6. The summed E-state index contributed by atoms with van der Waals surface area (Å²) < 4.78 is 10.9. The summed E-state index contributed by atoms with van der Waals surface area (Å²) in [5, 5.41) is 20.8. The molecule has 0 saturated carbocycles. The number of non-ortho nitro benzene ring substituents is 1. The first kappa shape index (κ1) is 15.8. The molecule has 1 N–H and O–H groups in total. The number of nitrogens with zero attached hydrogens (tertiary/aromatic N) is 1. The molecular formula is C16H17NO5. The van der Waals surface area contributed by atoms with Crippen LogP contribution in [0.15, 0.2) is 42.5 Å². The molecule has 6 heteroatoms. The average Bonchev–Trinajstić information content (AvgIpc) is 2.47. The third-order valence-corrected chi connectivity index (χ3v) is 3.11. The maximum Gasteiger partial charge on any atom is 0.269 e. The van der Waals surface area contributed by atoms with Gasteiger partial charge in [-0.2, -0.15) is 0 Å². The number of hydrogen-bond acceptors (Lipinski definition) is 5. The topological polar surface area (TPSA) is 81.8 Å². The Kier molecular flexibility index (Phi) is 4.32. The van der Waals surface area contributed by atoms with Crippen molar-refractivity contribution in [3.8, 4) is 17.2 Å². The number of benzene rings is 2. The lowest BCUT2D eigenvalue weighted by atomic mass is 9.97. The van der Waals surface area contributed by atoms with Gasteiger partial charge < -0.3 is 14.6 Å². The zero-order valence-electron chi connectivity index (χ0n) is 12.6. The van der Waals surface area contributed by atoms with Crippen LogP contribution in [0.2, 0.25) is 0 Å². The molecular weight excluding hydrogens is 286 g/mol. The van der Waals surface area contributed by atoms with Crippen LogP contribution in [0.3, 0.4) is 0 Å². The van der Waals surface area contributed by atoms with E-state index in [2.05, 4.69) is 0 Å². The predicted octanol–water partition coefficient (Wildman–Crippen LogP) is 3.62. The fraction of sp³-hybridized carbons (Fsp3) is 0.250. The number of rotatable bonds is 5. The van der Waals surface area contributed by atoms with Crippen molar-refractivity contribution >= 4 is 5.69 Å². The minimum atomic E-state index is -1.08. The number of nitro groups is 1. The van der Waals surface area contributed by atoms with Crippen molar-refractivity contribution in [3.05, 3.63) is 58.1 Å². The zero-order valence-corrected chi connectivity index (χ0v) is 12.6. The van der Waals surface area contributed by atoms with E-state index in [9.17, 15) is 15.2 Å². The second kappa shape index (κ2) is 6.03. The van der Waals surface area contributed by atoms with Gasteiger partial charge in [-0.25, -0.2) is 0 Å². The third kappa shape index (κ3) is 3.53. The second-order valence-corrected chi connectivity index (χ2v) is 5.27. The van der Waals surface area contributed by atoms with E-state index >= 15 is 0 Å². The Hall–Kier alpha value is -2.60. The molecule has 0 saturated heterocycles. The lowest BCUT2D eigenvalue weighted by Crippen LogP contribution is -2.16. The van der Waals surface area contributed by atoms with Crippen LogP contribution in [0.1, 0.15) is 19.4 Å². The molecule has 22 heavy (non-hydrogen) atoms. The number of hydrogen-bond donors (Lipinski definition) is 1. The second-order valence-electron chi connectivity index (χ2n) is 5.27. The van der Waals surface area contributed by atoms with Crippen LogP contribution in [0.5, 0.6) is 17.2 Å². The summed E-state index contributed by atoms with van der Waals surface area (Å²) in [6.07, 6.45) is 0. The lowest BCUT2D eigenvalue weighted by Gasteiger charge is -2.21. The van der Waals surface area contributed by atoms with Crippen LogP contribution in [-0.4, -0.2) is 17.1 Å². The Morgan fingerprint density at radius 3 is 2.18 bits per heavy atom. The van der Waals surface area contributed by atoms with Gasteiger partial charge in [-0.1, -0.05) is 0 Å². The summed E-state index contributed by atoms with van der Waals surface area (Å²) >= 11 is 0. The van der Waals surface area contributed by atoms with Crippen LogP contribution in [0.4, 0.5) is 5.69 Å². The Bertz CT molecular complexity index is 674. The molecule has 2 aromatic rings. The van der Waals surface area contributed by atoms with Crippen molar-refractivity contribution in [2.45, 2.75) is 19.4 Å². The molecule has 0 unspecified atom stereocenters. The predicted molar refractivity (Wildman–Crippen MR) is 81.4 cm³/mol. The molecule has 0 heterocycles. The van der Waals surface area contributed by atoms with E-state index in [4.69, 9.17) is 9.47 Å². The van der Waals surface area contributed by atoms with Gasteiger partial charge in [-0.05, 0) is 44.2 Å². The number of methoxy groups -OCH3 is 1. The number of nitro benzene ring substituents is 1. The van der Waals surface area contributed by atoms with E-state index in [1.54, 1.807) is 32.0 Å². The van der Waals surface area contributed by atoms with Gasteiger partial charge in [0.25, 0.3) is 5.69 Å². The minimum Gasteiger partial charge on any atom is -0.496 e. The highest BCUT2D eigenvalue weighted by atomic mass is 16.6. The largest absolute Gasteiger partial charge is 0.496 e. The summed E-state index contributed by atoms with van der Waals surface area (Å²) in [5.41, 5.74) is -0.492. The van der Waals surface area contributed by atoms with Gasteiger partial charge in [0.1, 0.15) is 17.2 Å². The van der Waals surface area contributed by atoms with E-state index in [0.717, 1.165) is 0 Å². The Balaban J connectivity index is 2.28. The third-order valence-electron chi connectivity index (χ3n) is 3.11. The molecule has 2 aromatic carbocycles. The van der Waals surface area contributed by atoms with Gasteiger partial charge in [0, 0.05) is 17.7 Å². The SMILES string of the molecule is COc1ccc(Oc2ccc([N+](=O)[O-])cc2)cc1C(C)(C)O. The van der Waals surface area contributed by atoms with E-state index in [1.165, 1.54) is 31.4 Å². The van der Waals surface area contributed by atoms with E-state index in [-0.39, 0.29) is 5.69 Å². The normalized spacial score (nSPS) is 11.1.